The molecule has 0 bridgehead atoms. The van der Waals surface area contributed by atoms with Crippen LogP contribution in [-0.2, 0) is 6.18 Å². The molecule has 0 fully saturated rings. The van der Waals surface area contributed by atoms with Gasteiger partial charge < -0.3 is 24.5 Å². The Morgan fingerprint density at radius 3 is 2.35 bits per heavy atom. The lowest BCUT2D eigenvalue weighted by Gasteiger charge is -2.19. The largest absolute Gasteiger partial charge is 0.486 e. The first-order valence-electron chi connectivity index (χ1n) is 9.08. The maximum Gasteiger partial charge on any atom is 0.418 e. The number of furan rings is 1. The van der Waals surface area contributed by atoms with Gasteiger partial charge in [-0.2, -0.15) is 13.2 Å². The smallest absolute Gasteiger partial charge is 0.418 e. The second kappa shape index (κ2) is 8.05. The van der Waals surface area contributed by atoms with Crippen LogP contribution in [0.1, 0.15) is 26.5 Å². The maximum absolute atomic E-state index is 13.6. The number of nitrogens with one attached hydrogen (secondary N) is 2. The molecule has 0 aliphatic carbocycles. The van der Waals surface area contributed by atoms with E-state index in [4.69, 9.17) is 13.9 Å². The van der Waals surface area contributed by atoms with Crippen molar-refractivity contribution in [1.82, 2.24) is 0 Å². The van der Waals surface area contributed by atoms with E-state index in [0.29, 0.717) is 24.7 Å². The van der Waals surface area contributed by atoms with Crippen molar-refractivity contribution in [1.29, 1.82) is 0 Å². The standard InChI is InChI=1S/C21H15F3N2O5/c22-21(23,24)14-11-13(25-20(28)17-2-1-7-29-17)4-5-15(14)26-19(27)12-3-6-16-18(10-12)31-9-8-30-16/h1-7,10-11H,8-9H2,(H,25,28)(H,26,27). The third-order valence-electron chi connectivity index (χ3n) is 4.38. The van der Waals surface area contributed by atoms with E-state index in [2.05, 4.69) is 10.6 Å². The average Bonchev–Trinajstić information content (AvgIpc) is 3.29. The molecule has 0 spiro atoms. The summed E-state index contributed by atoms with van der Waals surface area (Å²) in [4.78, 5) is 24.6. The fraction of sp³-hybridized carbons (Fsp3) is 0.143. The monoisotopic (exact) mass is 432 g/mol. The molecule has 2 heterocycles. The van der Waals surface area contributed by atoms with Crippen molar-refractivity contribution in [2.45, 2.75) is 6.18 Å². The first-order chi connectivity index (χ1) is 14.8. The van der Waals surface area contributed by atoms with Gasteiger partial charge in [-0.05, 0) is 48.5 Å². The van der Waals surface area contributed by atoms with E-state index in [1.165, 1.54) is 42.7 Å². The number of rotatable bonds is 4. The van der Waals surface area contributed by atoms with Crippen molar-refractivity contribution in [3.63, 3.8) is 0 Å². The van der Waals surface area contributed by atoms with Crippen LogP contribution in [0.4, 0.5) is 24.5 Å². The first kappa shape index (κ1) is 20.3. The Bertz CT molecular complexity index is 1130. The molecule has 4 rings (SSSR count). The van der Waals surface area contributed by atoms with E-state index in [-0.39, 0.29) is 17.0 Å². The highest BCUT2D eigenvalue weighted by Crippen LogP contribution is 2.37. The van der Waals surface area contributed by atoms with E-state index >= 15 is 0 Å². The van der Waals surface area contributed by atoms with Crippen LogP contribution in [0.5, 0.6) is 11.5 Å². The van der Waals surface area contributed by atoms with Gasteiger partial charge >= 0.3 is 6.18 Å². The second-order valence-corrected chi connectivity index (χ2v) is 6.50. The van der Waals surface area contributed by atoms with Crippen LogP contribution in [0.25, 0.3) is 0 Å². The van der Waals surface area contributed by atoms with Gasteiger partial charge in [0.1, 0.15) is 13.2 Å². The number of benzene rings is 2. The summed E-state index contributed by atoms with van der Waals surface area (Å²) in [5.74, 6) is -0.716. The van der Waals surface area contributed by atoms with Gasteiger partial charge in [0.15, 0.2) is 17.3 Å². The Balaban J connectivity index is 1.57. The SMILES string of the molecule is O=C(Nc1ccc(NC(=O)c2ccco2)cc1C(F)(F)F)c1ccc2c(c1)OCCO2. The van der Waals surface area contributed by atoms with E-state index in [1.54, 1.807) is 0 Å². The zero-order valence-corrected chi connectivity index (χ0v) is 15.8. The summed E-state index contributed by atoms with van der Waals surface area (Å²) in [6.07, 6.45) is -3.51. The molecule has 2 amide bonds. The fourth-order valence-corrected chi connectivity index (χ4v) is 2.95. The zero-order valence-electron chi connectivity index (χ0n) is 15.8. The van der Waals surface area contributed by atoms with Crippen LogP contribution in [0.3, 0.4) is 0 Å². The van der Waals surface area contributed by atoms with Gasteiger partial charge in [-0.25, -0.2) is 0 Å². The molecule has 0 saturated heterocycles. The molecular formula is C21H15F3N2O5. The van der Waals surface area contributed by atoms with Crippen molar-refractivity contribution in [3.8, 4) is 11.5 Å². The molecule has 1 aromatic heterocycles. The predicted molar refractivity (Wildman–Crippen MR) is 103 cm³/mol. The number of ether oxygens (including phenoxy) is 2. The van der Waals surface area contributed by atoms with Crippen molar-refractivity contribution in [2.24, 2.45) is 0 Å². The van der Waals surface area contributed by atoms with Crippen LogP contribution in [0.15, 0.2) is 59.2 Å². The van der Waals surface area contributed by atoms with Crippen LogP contribution in [-0.4, -0.2) is 25.0 Å². The summed E-state index contributed by atoms with van der Waals surface area (Å²) in [6, 6.07) is 10.2. The number of alkyl halides is 3. The van der Waals surface area contributed by atoms with E-state index in [1.807, 2.05) is 0 Å². The minimum Gasteiger partial charge on any atom is -0.486 e. The molecule has 10 heteroatoms. The third kappa shape index (κ3) is 4.47. The van der Waals surface area contributed by atoms with Gasteiger partial charge in [-0.1, -0.05) is 0 Å². The molecule has 0 saturated carbocycles. The molecule has 2 aromatic carbocycles. The highest BCUT2D eigenvalue weighted by atomic mass is 19.4. The summed E-state index contributed by atoms with van der Waals surface area (Å²) >= 11 is 0. The van der Waals surface area contributed by atoms with Gasteiger partial charge in [-0.3, -0.25) is 9.59 Å². The van der Waals surface area contributed by atoms with Crippen LogP contribution in [0.2, 0.25) is 0 Å². The second-order valence-electron chi connectivity index (χ2n) is 6.50. The van der Waals surface area contributed by atoms with Gasteiger partial charge in [0.05, 0.1) is 17.5 Å². The molecule has 1 aliphatic rings. The lowest BCUT2D eigenvalue weighted by molar-refractivity contribution is -0.136. The van der Waals surface area contributed by atoms with E-state index < -0.39 is 29.2 Å². The van der Waals surface area contributed by atoms with Crippen LogP contribution >= 0.6 is 0 Å². The number of carbonyl (C=O) groups is 2. The molecule has 1 aliphatic heterocycles. The molecule has 3 aromatic rings. The molecule has 160 valence electrons. The van der Waals surface area contributed by atoms with Crippen molar-refractivity contribution in [2.75, 3.05) is 23.8 Å². The molecule has 2 N–H and O–H groups in total. The number of hydrogen-bond donors (Lipinski definition) is 2. The Morgan fingerprint density at radius 1 is 0.871 bits per heavy atom. The summed E-state index contributed by atoms with van der Waals surface area (Å²) in [7, 11) is 0. The topological polar surface area (TPSA) is 89.8 Å². The normalized spacial score (nSPS) is 12.9. The lowest BCUT2D eigenvalue weighted by Crippen LogP contribution is -2.19. The van der Waals surface area contributed by atoms with E-state index in [0.717, 1.165) is 12.1 Å². The van der Waals surface area contributed by atoms with Crippen LogP contribution < -0.4 is 20.1 Å². The van der Waals surface area contributed by atoms with Crippen molar-refractivity contribution >= 4 is 23.2 Å². The number of amides is 2. The van der Waals surface area contributed by atoms with Gasteiger partial charge in [-0.15, -0.1) is 0 Å². The molecule has 0 radical (unpaired) electrons. The minimum absolute atomic E-state index is 0.0513. The maximum atomic E-state index is 13.6. The Morgan fingerprint density at radius 2 is 1.65 bits per heavy atom. The predicted octanol–water partition coefficient (Wildman–Crippen LogP) is 4.57. The Hall–Kier alpha value is -3.95. The lowest BCUT2D eigenvalue weighted by atomic mass is 10.1. The third-order valence-corrected chi connectivity index (χ3v) is 4.38. The molecule has 31 heavy (non-hydrogen) atoms. The fourth-order valence-electron chi connectivity index (χ4n) is 2.95. The number of anilines is 2. The molecule has 0 atom stereocenters. The average molecular weight is 432 g/mol. The summed E-state index contributed by atoms with van der Waals surface area (Å²) in [6.45, 7) is 0.678. The summed E-state index contributed by atoms with van der Waals surface area (Å²) < 4.78 is 56.5. The van der Waals surface area contributed by atoms with Gasteiger partial charge in [0.25, 0.3) is 11.8 Å². The molecule has 0 unspecified atom stereocenters. The molecular weight excluding hydrogens is 417 g/mol. The van der Waals surface area contributed by atoms with Crippen molar-refractivity contribution in [3.05, 3.63) is 71.7 Å². The Kier molecular flexibility index (Phi) is 5.28. The number of halogens is 3. The summed E-state index contributed by atoms with van der Waals surface area (Å²) in [5.41, 5.74) is -1.57. The number of fused-ring (bicyclic) bond motifs is 1. The Labute approximate surface area is 173 Å². The number of hydrogen-bond acceptors (Lipinski definition) is 5. The van der Waals surface area contributed by atoms with Crippen LogP contribution in [0, 0.1) is 0 Å². The molecule has 7 nitrogen and oxygen atoms in total. The highest BCUT2D eigenvalue weighted by molar-refractivity contribution is 6.06. The minimum atomic E-state index is -4.78. The van der Waals surface area contributed by atoms with Gasteiger partial charge in [0.2, 0.25) is 0 Å². The quantitative estimate of drug-likeness (QED) is 0.630. The van der Waals surface area contributed by atoms with Gasteiger partial charge in [0, 0.05) is 11.3 Å². The zero-order chi connectivity index (χ0) is 22.0. The number of carbonyl (C=O) groups excluding carboxylic acids is 2. The van der Waals surface area contributed by atoms with E-state index in [9.17, 15) is 22.8 Å². The highest BCUT2D eigenvalue weighted by Gasteiger charge is 2.34. The first-order valence-corrected chi connectivity index (χ1v) is 9.08. The summed E-state index contributed by atoms with van der Waals surface area (Å²) in [5, 5.41) is 4.59. The van der Waals surface area contributed by atoms with Crippen molar-refractivity contribution < 1.29 is 36.7 Å².